The summed E-state index contributed by atoms with van der Waals surface area (Å²) in [6.07, 6.45) is 0.713. The van der Waals surface area contributed by atoms with Crippen LogP contribution in [-0.2, 0) is 16.1 Å². The van der Waals surface area contributed by atoms with Crippen LogP contribution in [0.3, 0.4) is 0 Å². The summed E-state index contributed by atoms with van der Waals surface area (Å²) in [6, 6.07) is 0.952. The fraction of sp³-hybridized carbons (Fsp3) is 0.250. The van der Waals surface area contributed by atoms with E-state index in [-0.39, 0.29) is 24.6 Å². The minimum Gasteiger partial charge on any atom is -0.445 e. The van der Waals surface area contributed by atoms with Gasteiger partial charge in [-0.1, -0.05) is 11.5 Å². The lowest BCUT2D eigenvalue weighted by Crippen LogP contribution is -2.34. The molecule has 2 rings (SSSR count). The minimum atomic E-state index is -5.08. The topological polar surface area (TPSA) is 51.2 Å². The molecular formula is C8H7BF3N2O2-. The molecule has 86 valence electrons. The highest BCUT2D eigenvalue weighted by Crippen LogP contribution is 2.17. The van der Waals surface area contributed by atoms with E-state index in [0.29, 0.717) is 6.20 Å². The number of halogens is 3. The van der Waals surface area contributed by atoms with Crippen molar-refractivity contribution in [2.24, 2.45) is 0 Å². The molecule has 0 aromatic carbocycles. The van der Waals surface area contributed by atoms with Crippen molar-refractivity contribution in [3.63, 3.8) is 0 Å². The van der Waals surface area contributed by atoms with Crippen LogP contribution in [-0.4, -0.2) is 24.5 Å². The number of aromatic nitrogens is 1. The molecule has 0 bridgehead atoms. The Morgan fingerprint density at radius 3 is 2.81 bits per heavy atom. The number of pyridine rings is 1. The number of amides is 1. The van der Waals surface area contributed by atoms with Crippen LogP contribution in [0.4, 0.5) is 18.8 Å². The third kappa shape index (κ3) is 2.16. The third-order valence-corrected chi connectivity index (χ3v) is 2.11. The Bertz CT molecular complexity index is 436. The van der Waals surface area contributed by atoms with Crippen LogP contribution in [0.5, 0.6) is 0 Å². The van der Waals surface area contributed by atoms with Crippen molar-refractivity contribution >= 4 is 24.2 Å². The molecule has 1 aliphatic heterocycles. The predicted molar refractivity (Wildman–Crippen MR) is 51.2 cm³/mol. The Kier molecular flexibility index (Phi) is 2.59. The zero-order valence-corrected chi connectivity index (χ0v) is 8.04. The first-order valence-electron chi connectivity index (χ1n) is 4.53. The fourth-order valence-corrected chi connectivity index (χ4v) is 1.35. The quantitative estimate of drug-likeness (QED) is 0.720. The molecule has 0 spiro atoms. The van der Waals surface area contributed by atoms with Gasteiger partial charge in [0, 0.05) is 11.8 Å². The van der Waals surface area contributed by atoms with Gasteiger partial charge in [-0.3, -0.25) is 4.79 Å². The van der Waals surface area contributed by atoms with Gasteiger partial charge in [-0.25, -0.2) is 4.98 Å². The maximum absolute atomic E-state index is 12.4. The number of nitrogens with zero attached hydrogens (tertiary/aromatic N) is 1. The first-order chi connectivity index (χ1) is 7.47. The van der Waals surface area contributed by atoms with E-state index in [1.807, 2.05) is 0 Å². The van der Waals surface area contributed by atoms with Crippen molar-refractivity contribution in [3.05, 3.63) is 17.8 Å². The van der Waals surface area contributed by atoms with Gasteiger partial charge in [0.25, 0.3) is 5.91 Å². The fourth-order valence-electron chi connectivity index (χ4n) is 1.35. The maximum Gasteiger partial charge on any atom is 0.511 e. The van der Waals surface area contributed by atoms with Crippen LogP contribution in [0.15, 0.2) is 12.3 Å². The van der Waals surface area contributed by atoms with E-state index in [1.165, 1.54) is 0 Å². The lowest BCUT2D eigenvalue weighted by molar-refractivity contribution is -0.120. The highest BCUT2D eigenvalue weighted by Gasteiger charge is 2.27. The summed E-state index contributed by atoms with van der Waals surface area (Å²) in [5.41, 5.74) is -0.555. The first kappa shape index (κ1) is 10.9. The molecule has 4 nitrogen and oxygen atoms in total. The summed E-state index contributed by atoms with van der Waals surface area (Å²) < 4.78 is 42.2. The molecule has 16 heavy (non-hydrogen) atoms. The Morgan fingerprint density at radius 1 is 1.38 bits per heavy atom. The number of hydrogen-bond donors (Lipinski definition) is 1. The average Bonchev–Trinajstić information content (AvgIpc) is 2.35. The van der Waals surface area contributed by atoms with Gasteiger partial charge in [0.1, 0.15) is 12.4 Å². The van der Waals surface area contributed by atoms with Crippen LogP contribution in [0.25, 0.3) is 0 Å². The second kappa shape index (κ2) is 3.78. The van der Waals surface area contributed by atoms with E-state index in [9.17, 15) is 17.7 Å². The second-order valence-electron chi connectivity index (χ2n) is 3.39. The molecule has 8 heteroatoms. The number of fused-ring (bicyclic) bond motifs is 1. The van der Waals surface area contributed by atoms with Gasteiger partial charge in [-0.05, 0) is 0 Å². The lowest BCUT2D eigenvalue weighted by Gasteiger charge is -2.16. The molecule has 0 fully saturated rings. The van der Waals surface area contributed by atoms with Crippen molar-refractivity contribution in [2.45, 2.75) is 6.61 Å². The van der Waals surface area contributed by atoms with Gasteiger partial charge in [-0.15, -0.1) is 0 Å². The summed E-state index contributed by atoms with van der Waals surface area (Å²) in [5.74, 6) is -0.289. The standard InChI is InChI=1S/C8H7BF3N2O2/c10-9(11,12)6-1-5-3-16-4-7(15)14-8(5)13-2-6/h1-2H,3-4H2,(H,13,14,15)/q-1. The van der Waals surface area contributed by atoms with Gasteiger partial charge >= 0.3 is 6.98 Å². The predicted octanol–water partition coefficient (Wildman–Crippen LogP) is 0.605. The number of carbonyl (C=O) groups is 1. The zero-order chi connectivity index (χ0) is 11.8. The Balaban J connectivity index is 2.39. The lowest BCUT2D eigenvalue weighted by atomic mass is 9.81. The van der Waals surface area contributed by atoms with Crippen molar-refractivity contribution < 1.29 is 22.5 Å². The molecule has 0 aliphatic carbocycles. The molecular weight excluding hydrogens is 224 g/mol. The molecule has 0 unspecified atom stereocenters. The molecule has 1 aromatic heterocycles. The van der Waals surface area contributed by atoms with Gasteiger partial charge in [0.05, 0.1) is 6.61 Å². The van der Waals surface area contributed by atoms with E-state index >= 15 is 0 Å². The monoisotopic (exact) mass is 231 g/mol. The van der Waals surface area contributed by atoms with Crippen LogP contribution in [0.1, 0.15) is 5.56 Å². The maximum atomic E-state index is 12.4. The van der Waals surface area contributed by atoms with Gasteiger partial charge < -0.3 is 23.0 Å². The molecule has 1 aromatic rings. The molecule has 1 N–H and O–H groups in total. The number of anilines is 1. The average molecular weight is 231 g/mol. The summed E-state index contributed by atoms with van der Waals surface area (Å²) in [4.78, 5) is 14.6. The minimum absolute atomic E-state index is 0.0545. The van der Waals surface area contributed by atoms with E-state index in [1.54, 1.807) is 0 Å². The summed E-state index contributed by atoms with van der Waals surface area (Å²) >= 11 is 0. The van der Waals surface area contributed by atoms with Gasteiger partial charge in [-0.2, -0.15) is 0 Å². The second-order valence-corrected chi connectivity index (χ2v) is 3.39. The highest BCUT2D eigenvalue weighted by atomic mass is 19.4. The van der Waals surface area contributed by atoms with Crippen LogP contribution in [0, 0.1) is 0 Å². The number of hydrogen-bond acceptors (Lipinski definition) is 3. The zero-order valence-electron chi connectivity index (χ0n) is 8.04. The molecule has 1 aliphatic rings. The van der Waals surface area contributed by atoms with Crippen molar-refractivity contribution in [1.82, 2.24) is 4.98 Å². The molecule has 2 heterocycles. The van der Waals surface area contributed by atoms with Crippen LogP contribution >= 0.6 is 0 Å². The largest absolute Gasteiger partial charge is 0.511 e. The normalized spacial score (nSPS) is 16.3. The summed E-state index contributed by atoms with van der Waals surface area (Å²) in [5, 5.41) is 2.37. The van der Waals surface area contributed by atoms with Gasteiger partial charge in [0.2, 0.25) is 0 Å². The van der Waals surface area contributed by atoms with E-state index in [4.69, 9.17) is 4.74 Å². The van der Waals surface area contributed by atoms with Crippen LogP contribution < -0.4 is 10.8 Å². The molecule has 1 amide bonds. The summed E-state index contributed by atoms with van der Waals surface area (Å²) in [6.45, 7) is -5.31. The molecule has 0 radical (unpaired) electrons. The summed E-state index contributed by atoms with van der Waals surface area (Å²) in [7, 11) is 0. The van der Waals surface area contributed by atoms with E-state index in [0.717, 1.165) is 6.07 Å². The number of rotatable bonds is 1. The number of ether oxygens (including phenoxy) is 1. The third-order valence-electron chi connectivity index (χ3n) is 2.11. The van der Waals surface area contributed by atoms with Crippen LogP contribution in [0.2, 0.25) is 0 Å². The Labute approximate surface area is 88.9 Å². The van der Waals surface area contributed by atoms with Crippen molar-refractivity contribution in [2.75, 3.05) is 11.9 Å². The van der Waals surface area contributed by atoms with Crippen molar-refractivity contribution in [3.8, 4) is 0 Å². The first-order valence-corrected chi connectivity index (χ1v) is 4.53. The smallest absolute Gasteiger partial charge is 0.445 e. The molecule has 0 atom stereocenters. The number of nitrogens with one attached hydrogen (secondary N) is 1. The van der Waals surface area contributed by atoms with Crippen molar-refractivity contribution in [1.29, 1.82) is 0 Å². The number of carbonyl (C=O) groups excluding carboxylic acids is 1. The SMILES string of the molecule is O=C1COCc2cc([B-](F)(F)F)cnc2N1. The Morgan fingerprint density at radius 2 is 2.12 bits per heavy atom. The molecule has 0 saturated carbocycles. The van der Waals surface area contributed by atoms with E-state index in [2.05, 4.69) is 10.3 Å². The Hall–Kier alpha value is -1.57. The highest BCUT2D eigenvalue weighted by molar-refractivity contribution is 6.73. The van der Waals surface area contributed by atoms with E-state index < -0.39 is 18.3 Å². The van der Waals surface area contributed by atoms with Gasteiger partial charge in [0.15, 0.2) is 0 Å². The molecule has 0 saturated heterocycles.